The van der Waals surface area contributed by atoms with Crippen LogP contribution in [0.2, 0.25) is 0 Å². The van der Waals surface area contributed by atoms with Gasteiger partial charge in [0.25, 0.3) is 5.91 Å². The lowest BCUT2D eigenvalue weighted by atomic mass is 9.99. The fourth-order valence-corrected chi connectivity index (χ4v) is 3.62. The lowest BCUT2D eigenvalue weighted by Gasteiger charge is -2.28. The van der Waals surface area contributed by atoms with E-state index in [9.17, 15) is 18.8 Å². The number of Topliss-reactive ketones (excluding diaryl/α,β-unsaturated/α-hetero) is 1. The van der Waals surface area contributed by atoms with Crippen LogP contribution in [0, 0.1) is 19.7 Å². The number of esters is 1. The quantitative estimate of drug-likeness (QED) is 0.413. The van der Waals surface area contributed by atoms with Crippen molar-refractivity contribution in [1.29, 1.82) is 0 Å². The molecule has 3 aromatic rings. The molecule has 2 heterocycles. The van der Waals surface area contributed by atoms with Crippen molar-refractivity contribution in [3.8, 4) is 0 Å². The monoisotopic (exact) mass is 440 g/mol. The third kappa shape index (κ3) is 4.64. The maximum absolute atomic E-state index is 13.7. The van der Waals surface area contributed by atoms with Crippen LogP contribution < -0.4 is 0 Å². The van der Waals surface area contributed by atoms with Crippen LogP contribution in [0.5, 0.6) is 0 Å². The molecule has 2 aromatic heterocycles. The number of rotatable bonds is 8. The van der Waals surface area contributed by atoms with Gasteiger partial charge in [0.05, 0.1) is 25.5 Å². The average Bonchev–Trinajstić information content (AvgIpc) is 3.38. The molecule has 32 heavy (non-hydrogen) atoms. The van der Waals surface area contributed by atoms with Gasteiger partial charge in [0, 0.05) is 16.8 Å². The Kier molecular flexibility index (Phi) is 6.92. The summed E-state index contributed by atoms with van der Waals surface area (Å²) in [7, 11) is 0. The van der Waals surface area contributed by atoms with Crippen LogP contribution >= 0.6 is 0 Å². The molecule has 0 fully saturated rings. The Morgan fingerprint density at radius 3 is 2.56 bits per heavy atom. The Hall–Kier alpha value is -3.68. The topological polar surface area (TPSA) is 92.6 Å². The van der Waals surface area contributed by atoms with Gasteiger partial charge in [0.15, 0.2) is 5.78 Å². The number of amides is 1. The fraction of sp³-hybridized carbons (Fsp3) is 0.292. The van der Waals surface area contributed by atoms with Crippen LogP contribution in [0.3, 0.4) is 0 Å². The van der Waals surface area contributed by atoms with Crippen molar-refractivity contribution in [2.24, 2.45) is 0 Å². The third-order valence-electron chi connectivity index (χ3n) is 5.25. The second kappa shape index (κ2) is 9.64. The summed E-state index contributed by atoms with van der Waals surface area (Å²) in [5.74, 6) is -1.50. The number of aromatic nitrogens is 1. The molecule has 0 aliphatic heterocycles. The molecule has 0 spiro atoms. The zero-order chi connectivity index (χ0) is 23.4. The van der Waals surface area contributed by atoms with E-state index in [1.807, 2.05) is 0 Å². The summed E-state index contributed by atoms with van der Waals surface area (Å²) in [6.07, 6.45) is 1.47. The number of ketones is 1. The summed E-state index contributed by atoms with van der Waals surface area (Å²) in [5, 5.41) is 0. The standard InChI is InChI=1S/C24H25FN2O5/c1-5-31-24(30)21-14(2)20(15(3)26-21)22(28)16(4)27(13-19-10-7-11-32-19)23(29)17-8-6-9-18(25)12-17/h6-12,16,26H,5,13H2,1-4H3/t16-/m0/s1. The van der Waals surface area contributed by atoms with E-state index >= 15 is 0 Å². The first-order valence-corrected chi connectivity index (χ1v) is 10.2. The predicted molar refractivity (Wildman–Crippen MR) is 115 cm³/mol. The fourth-order valence-electron chi connectivity index (χ4n) is 3.62. The number of ether oxygens (including phenoxy) is 1. The number of halogens is 1. The third-order valence-corrected chi connectivity index (χ3v) is 5.25. The number of nitrogens with zero attached hydrogens (tertiary/aromatic N) is 1. The van der Waals surface area contributed by atoms with E-state index in [1.54, 1.807) is 39.8 Å². The summed E-state index contributed by atoms with van der Waals surface area (Å²) in [6, 6.07) is 7.74. The minimum absolute atomic E-state index is 0.0164. The summed E-state index contributed by atoms with van der Waals surface area (Å²) in [5.41, 5.74) is 1.59. The first kappa shape index (κ1) is 23.0. The highest BCUT2D eigenvalue weighted by Crippen LogP contribution is 2.24. The smallest absolute Gasteiger partial charge is 0.355 e. The van der Waals surface area contributed by atoms with Crippen LogP contribution in [0.4, 0.5) is 4.39 Å². The van der Waals surface area contributed by atoms with Gasteiger partial charge in [0.2, 0.25) is 0 Å². The van der Waals surface area contributed by atoms with Gasteiger partial charge in [-0.15, -0.1) is 0 Å². The van der Waals surface area contributed by atoms with E-state index < -0.39 is 23.7 Å². The highest BCUT2D eigenvalue weighted by Gasteiger charge is 2.32. The van der Waals surface area contributed by atoms with Crippen LogP contribution in [-0.2, 0) is 11.3 Å². The minimum atomic E-state index is -0.917. The summed E-state index contributed by atoms with van der Waals surface area (Å²) < 4.78 is 24.2. The Bertz CT molecular complexity index is 1130. The summed E-state index contributed by atoms with van der Waals surface area (Å²) in [4.78, 5) is 43.2. The van der Waals surface area contributed by atoms with Crippen molar-refractivity contribution in [1.82, 2.24) is 9.88 Å². The van der Waals surface area contributed by atoms with Gasteiger partial charge in [-0.3, -0.25) is 9.59 Å². The molecule has 1 atom stereocenters. The number of furan rings is 1. The van der Waals surface area contributed by atoms with E-state index in [1.165, 1.54) is 29.4 Å². The number of nitrogens with one attached hydrogen (secondary N) is 1. The van der Waals surface area contributed by atoms with Crippen LogP contribution in [0.1, 0.15) is 62.1 Å². The number of aromatic amines is 1. The van der Waals surface area contributed by atoms with Crippen molar-refractivity contribution < 1.29 is 27.9 Å². The van der Waals surface area contributed by atoms with E-state index in [4.69, 9.17) is 9.15 Å². The number of carbonyl (C=O) groups is 3. The molecular formula is C24H25FN2O5. The number of carbonyl (C=O) groups excluding carboxylic acids is 3. The molecule has 0 radical (unpaired) electrons. The molecule has 8 heteroatoms. The van der Waals surface area contributed by atoms with E-state index in [0.717, 1.165) is 6.07 Å². The molecule has 168 valence electrons. The number of hydrogen-bond donors (Lipinski definition) is 1. The van der Waals surface area contributed by atoms with Crippen LogP contribution in [0.25, 0.3) is 0 Å². The lowest BCUT2D eigenvalue weighted by Crippen LogP contribution is -2.43. The molecule has 0 aliphatic rings. The minimum Gasteiger partial charge on any atom is -0.467 e. The van der Waals surface area contributed by atoms with Crippen molar-refractivity contribution in [3.05, 3.63) is 82.3 Å². The second-order valence-corrected chi connectivity index (χ2v) is 7.41. The van der Waals surface area contributed by atoms with Gasteiger partial charge in [-0.05, 0) is 63.6 Å². The van der Waals surface area contributed by atoms with Gasteiger partial charge < -0.3 is 19.0 Å². The molecular weight excluding hydrogens is 415 g/mol. The van der Waals surface area contributed by atoms with Gasteiger partial charge in [-0.1, -0.05) is 6.07 Å². The van der Waals surface area contributed by atoms with Crippen molar-refractivity contribution in [2.75, 3.05) is 6.61 Å². The first-order chi connectivity index (χ1) is 15.2. The molecule has 1 aromatic carbocycles. The van der Waals surface area contributed by atoms with Gasteiger partial charge in [-0.25, -0.2) is 9.18 Å². The Balaban J connectivity index is 1.97. The van der Waals surface area contributed by atoms with Crippen LogP contribution in [-0.4, -0.2) is 40.2 Å². The highest BCUT2D eigenvalue weighted by molar-refractivity contribution is 6.07. The van der Waals surface area contributed by atoms with Gasteiger partial charge in [-0.2, -0.15) is 0 Å². The van der Waals surface area contributed by atoms with Crippen LogP contribution in [0.15, 0.2) is 47.1 Å². The van der Waals surface area contributed by atoms with Gasteiger partial charge >= 0.3 is 5.97 Å². The SMILES string of the molecule is CCOC(=O)c1[nH]c(C)c(C(=O)[C@H](C)N(Cc2ccco2)C(=O)c2cccc(F)c2)c1C. The number of hydrogen-bond acceptors (Lipinski definition) is 5. The zero-order valence-corrected chi connectivity index (χ0v) is 18.4. The normalized spacial score (nSPS) is 11.8. The van der Waals surface area contributed by atoms with Crippen molar-refractivity contribution in [2.45, 2.75) is 40.3 Å². The maximum Gasteiger partial charge on any atom is 0.355 e. The molecule has 7 nitrogen and oxygen atoms in total. The molecule has 3 rings (SSSR count). The van der Waals surface area contributed by atoms with E-state index in [-0.39, 0.29) is 30.2 Å². The molecule has 1 amide bonds. The summed E-state index contributed by atoms with van der Waals surface area (Å²) in [6.45, 7) is 6.85. The Labute approximate surface area is 185 Å². The Morgan fingerprint density at radius 2 is 1.94 bits per heavy atom. The predicted octanol–water partition coefficient (Wildman–Crippen LogP) is 4.45. The zero-order valence-electron chi connectivity index (χ0n) is 18.4. The van der Waals surface area contributed by atoms with Crippen molar-refractivity contribution in [3.63, 3.8) is 0 Å². The first-order valence-electron chi connectivity index (χ1n) is 10.2. The number of aryl methyl sites for hydroxylation is 1. The number of H-pyrrole nitrogens is 1. The lowest BCUT2D eigenvalue weighted by molar-refractivity contribution is 0.0518. The molecule has 1 N–H and O–H groups in total. The van der Waals surface area contributed by atoms with E-state index in [2.05, 4.69) is 4.98 Å². The maximum atomic E-state index is 13.7. The van der Waals surface area contributed by atoms with E-state index in [0.29, 0.717) is 22.6 Å². The second-order valence-electron chi connectivity index (χ2n) is 7.41. The largest absolute Gasteiger partial charge is 0.467 e. The summed E-state index contributed by atoms with van der Waals surface area (Å²) >= 11 is 0. The molecule has 0 saturated heterocycles. The molecule has 0 unspecified atom stereocenters. The number of benzene rings is 1. The highest BCUT2D eigenvalue weighted by atomic mass is 19.1. The van der Waals surface area contributed by atoms with Gasteiger partial charge in [0.1, 0.15) is 17.3 Å². The molecule has 0 aliphatic carbocycles. The van der Waals surface area contributed by atoms with Crippen molar-refractivity contribution >= 4 is 17.7 Å². The average molecular weight is 440 g/mol. The molecule has 0 saturated carbocycles. The Morgan fingerprint density at radius 1 is 1.19 bits per heavy atom. The molecule has 0 bridgehead atoms.